The summed E-state index contributed by atoms with van der Waals surface area (Å²) in [6, 6.07) is 1.61. The number of nitrogens with one attached hydrogen (secondary N) is 1. The van der Waals surface area contributed by atoms with Crippen LogP contribution in [0, 0.1) is 0 Å². The van der Waals surface area contributed by atoms with Crippen molar-refractivity contribution in [3.63, 3.8) is 0 Å². The molecule has 0 aliphatic carbocycles. The highest BCUT2D eigenvalue weighted by Crippen LogP contribution is 2.27. The van der Waals surface area contributed by atoms with Crippen LogP contribution in [0.1, 0.15) is 5.76 Å². The molecule has 58 valence electrons. The second kappa shape index (κ2) is 2.30. The summed E-state index contributed by atoms with van der Waals surface area (Å²) >= 11 is 3.73. The first-order valence-electron chi connectivity index (χ1n) is 3.33. The zero-order valence-corrected chi connectivity index (χ0v) is 6.60. The Morgan fingerprint density at radius 3 is 3.27 bits per heavy atom. The maximum absolute atomic E-state index is 10.8. The van der Waals surface area contributed by atoms with Crippen LogP contribution in [0.15, 0.2) is 16.7 Å². The number of carbonyl (C=O) groups excluding carboxylic acids is 1. The van der Waals surface area contributed by atoms with Crippen LogP contribution < -0.4 is 5.32 Å². The predicted octanol–water partition coefficient (Wildman–Crippen LogP) is 1.07. The highest BCUT2D eigenvalue weighted by Gasteiger charge is 2.26. The van der Waals surface area contributed by atoms with Crippen molar-refractivity contribution in [1.29, 1.82) is 0 Å². The van der Waals surface area contributed by atoms with E-state index >= 15 is 0 Å². The number of hydrogen-bond donors (Lipinski definition) is 2. The largest absolute Gasteiger partial charge is 0.467 e. The number of rotatable bonds is 1. The van der Waals surface area contributed by atoms with E-state index in [-0.39, 0.29) is 11.2 Å². The normalized spacial score (nSPS) is 21.0. The SMILES string of the molecule is O=C(S)C1Cc2occc2N1. The van der Waals surface area contributed by atoms with Crippen molar-refractivity contribution in [2.75, 3.05) is 5.32 Å². The Labute approximate surface area is 69.2 Å². The predicted molar refractivity (Wildman–Crippen MR) is 43.8 cm³/mol. The minimum absolute atomic E-state index is 0.142. The molecule has 0 radical (unpaired) electrons. The van der Waals surface area contributed by atoms with Gasteiger partial charge in [0.1, 0.15) is 11.8 Å². The lowest BCUT2D eigenvalue weighted by molar-refractivity contribution is -0.111. The summed E-state index contributed by atoms with van der Waals surface area (Å²) in [5.41, 5.74) is 0.914. The van der Waals surface area contributed by atoms with Crippen molar-refractivity contribution in [3.8, 4) is 0 Å². The summed E-state index contributed by atoms with van der Waals surface area (Å²) in [6.07, 6.45) is 2.22. The monoisotopic (exact) mass is 169 g/mol. The average Bonchev–Trinajstić information content (AvgIpc) is 2.40. The molecule has 1 N–H and O–H groups in total. The molecular weight excluding hydrogens is 162 g/mol. The van der Waals surface area contributed by atoms with Gasteiger partial charge >= 0.3 is 0 Å². The molecule has 0 amide bonds. The first-order valence-corrected chi connectivity index (χ1v) is 3.78. The van der Waals surface area contributed by atoms with Gasteiger partial charge in [-0.1, -0.05) is 0 Å². The molecular formula is C7H7NO2S. The Kier molecular flexibility index (Phi) is 1.42. The van der Waals surface area contributed by atoms with Gasteiger partial charge in [-0.3, -0.25) is 4.79 Å². The molecule has 4 heteroatoms. The van der Waals surface area contributed by atoms with E-state index in [4.69, 9.17) is 4.42 Å². The van der Waals surface area contributed by atoms with Gasteiger partial charge in [0, 0.05) is 6.42 Å². The number of fused-ring (bicyclic) bond motifs is 1. The van der Waals surface area contributed by atoms with Crippen LogP contribution in [-0.4, -0.2) is 11.2 Å². The van der Waals surface area contributed by atoms with Crippen molar-refractivity contribution in [1.82, 2.24) is 0 Å². The van der Waals surface area contributed by atoms with Gasteiger partial charge in [-0.05, 0) is 6.07 Å². The smallest absolute Gasteiger partial charge is 0.208 e. The Morgan fingerprint density at radius 2 is 2.64 bits per heavy atom. The van der Waals surface area contributed by atoms with Gasteiger partial charge in [-0.2, -0.15) is 0 Å². The van der Waals surface area contributed by atoms with Crippen LogP contribution in [0.5, 0.6) is 0 Å². The molecule has 1 aromatic rings. The second-order valence-corrected chi connectivity index (χ2v) is 2.94. The Balaban J connectivity index is 2.22. The Bertz CT molecular complexity index is 274. The van der Waals surface area contributed by atoms with Crippen LogP contribution in [0.25, 0.3) is 0 Å². The first-order chi connectivity index (χ1) is 5.27. The third-order valence-electron chi connectivity index (χ3n) is 1.76. The summed E-state index contributed by atoms with van der Waals surface area (Å²) < 4.78 is 5.11. The molecule has 0 saturated heterocycles. The summed E-state index contributed by atoms with van der Waals surface area (Å²) in [6.45, 7) is 0. The maximum Gasteiger partial charge on any atom is 0.208 e. The van der Waals surface area contributed by atoms with E-state index in [1.807, 2.05) is 6.07 Å². The van der Waals surface area contributed by atoms with Gasteiger partial charge in [-0.25, -0.2) is 0 Å². The van der Waals surface area contributed by atoms with E-state index in [1.54, 1.807) is 6.26 Å². The number of anilines is 1. The van der Waals surface area contributed by atoms with Crippen LogP contribution in [0.2, 0.25) is 0 Å². The lowest BCUT2D eigenvalue weighted by Gasteiger charge is -2.03. The van der Waals surface area contributed by atoms with Gasteiger partial charge in [0.15, 0.2) is 0 Å². The number of hydrogen-bond acceptors (Lipinski definition) is 3. The molecule has 1 unspecified atom stereocenters. The van der Waals surface area contributed by atoms with E-state index in [0.717, 1.165) is 11.4 Å². The maximum atomic E-state index is 10.8. The van der Waals surface area contributed by atoms with Crippen LogP contribution in [0.3, 0.4) is 0 Å². The lowest BCUT2D eigenvalue weighted by Crippen LogP contribution is -2.22. The molecule has 2 heterocycles. The highest BCUT2D eigenvalue weighted by molar-refractivity contribution is 7.96. The fourth-order valence-corrected chi connectivity index (χ4v) is 1.36. The molecule has 11 heavy (non-hydrogen) atoms. The molecule has 2 rings (SSSR count). The van der Waals surface area contributed by atoms with Crippen molar-refractivity contribution < 1.29 is 9.21 Å². The summed E-state index contributed by atoms with van der Waals surface area (Å²) in [5, 5.41) is 2.85. The standard InChI is InChI=1S/C7H7NO2S/c9-7(11)5-3-6-4(8-5)1-2-10-6/h1-2,5,8H,3H2,(H,9,11). The van der Waals surface area contributed by atoms with Gasteiger partial charge < -0.3 is 9.73 Å². The third kappa shape index (κ3) is 1.03. The fraction of sp³-hybridized carbons (Fsp3) is 0.286. The van der Waals surface area contributed by atoms with Crippen LogP contribution >= 0.6 is 12.6 Å². The van der Waals surface area contributed by atoms with Gasteiger partial charge in [0.25, 0.3) is 0 Å². The van der Waals surface area contributed by atoms with Gasteiger partial charge in [0.05, 0.1) is 12.0 Å². The van der Waals surface area contributed by atoms with Crippen LogP contribution in [-0.2, 0) is 11.2 Å². The van der Waals surface area contributed by atoms with E-state index in [9.17, 15) is 4.79 Å². The minimum Gasteiger partial charge on any atom is -0.467 e. The third-order valence-corrected chi connectivity index (χ3v) is 2.07. The zero-order chi connectivity index (χ0) is 7.84. The quantitative estimate of drug-likeness (QED) is 0.618. The molecule has 0 fully saturated rings. The molecule has 3 nitrogen and oxygen atoms in total. The molecule has 0 saturated carbocycles. The number of thiol groups is 1. The Hall–Kier alpha value is -0.900. The molecule has 1 aliphatic rings. The van der Waals surface area contributed by atoms with E-state index in [0.29, 0.717) is 6.42 Å². The van der Waals surface area contributed by atoms with Crippen molar-refractivity contribution in [2.24, 2.45) is 0 Å². The molecule has 1 aromatic heterocycles. The summed E-state index contributed by atoms with van der Waals surface area (Å²) in [5.74, 6) is 0.845. The Morgan fingerprint density at radius 1 is 1.82 bits per heavy atom. The van der Waals surface area contributed by atoms with Crippen molar-refractivity contribution >= 4 is 23.4 Å². The lowest BCUT2D eigenvalue weighted by atomic mass is 10.2. The van der Waals surface area contributed by atoms with Gasteiger partial charge in [-0.15, -0.1) is 12.6 Å². The van der Waals surface area contributed by atoms with E-state index in [1.165, 1.54) is 0 Å². The van der Waals surface area contributed by atoms with Crippen molar-refractivity contribution in [3.05, 3.63) is 18.1 Å². The fourth-order valence-electron chi connectivity index (χ4n) is 1.20. The zero-order valence-electron chi connectivity index (χ0n) is 5.70. The molecule has 1 aliphatic heterocycles. The van der Waals surface area contributed by atoms with Gasteiger partial charge in [0.2, 0.25) is 5.12 Å². The summed E-state index contributed by atoms with van der Waals surface area (Å²) in [7, 11) is 0. The molecule has 0 aromatic carbocycles. The first kappa shape index (κ1) is 6.79. The topological polar surface area (TPSA) is 42.2 Å². The number of carbonyl (C=O) groups is 1. The average molecular weight is 169 g/mol. The second-order valence-electron chi connectivity index (χ2n) is 2.50. The minimum atomic E-state index is -0.201. The van der Waals surface area contributed by atoms with Crippen molar-refractivity contribution in [2.45, 2.75) is 12.5 Å². The van der Waals surface area contributed by atoms with E-state index < -0.39 is 0 Å². The van der Waals surface area contributed by atoms with E-state index in [2.05, 4.69) is 17.9 Å². The highest BCUT2D eigenvalue weighted by atomic mass is 32.1. The van der Waals surface area contributed by atoms with Crippen LogP contribution in [0.4, 0.5) is 5.69 Å². The number of furan rings is 1. The molecule has 0 spiro atoms. The molecule has 0 bridgehead atoms. The molecule has 1 atom stereocenters. The summed E-state index contributed by atoms with van der Waals surface area (Å²) in [4.78, 5) is 10.8.